The number of carbonyl (C=O) groups excluding carboxylic acids is 1. The summed E-state index contributed by atoms with van der Waals surface area (Å²) in [5.41, 5.74) is 1.14. The summed E-state index contributed by atoms with van der Waals surface area (Å²) in [5, 5.41) is 0. The van der Waals surface area contributed by atoms with Crippen LogP contribution in [0.4, 0.5) is 0 Å². The van der Waals surface area contributed by atoms with E-state index in [1.54, 1.807) is 0 Å². The van der Waals surface area contributed by atoms with Gasteiger partial charge in [-0.2, -0.15) is 0 Å². The lowest BCUT2D eigenvalue weighted by Gasteiger charge is -2.24. The number of carbonyl (C=O) groups is 1. The molecule has 1 aliphatic carbocycles. The summed E-state index contributed by atoms with van der Waals surface area (Å²) in [7, 11) is 0. The van der Waals surface area contributed by atoms with Gasteiger partial charge in [0.15, 0.2) is 0 Å². The lowest BCUT2D eigenvalue weighted by molar-refractivity contribution is -0.130. The van der Waals surface area contributed by atoms with Gasteiger partial charge in [0.2, 0.25) is 5.91 Å². The fourth-order valence-electron chi connectivity index (χ4n) is 3.13. The van der Waals surface area contributed by atoms with Crippen LogP contribution in [0.15, 0.2) is 42.5 Å². The SMILES string of the molecule is C[C@H]1C=CC[C@H]2C(=O)N(Cc3ccccc3)C(=S)[C@@H]12. The first-order chi connectivity index (χ1) is 9.18. The minimum atomic E-state index is 0.0659. The molecule has 3 rings (SSSR count). The summed E-state index contributed by atoms with van der Waals surface area (Å²) in [5.74, 6) is 0.860. The van der Waals surface area contributed by atoms with Gasteiger partial charge in [-0.25, -0.2) is 0 Å². The molecule has 1 aliphatic heterocycles. The Bertz CT molecular complexity index is 537. The Balaban J connectivity index is 1.85. The van der Waals surface area contributed by atoms with Crippen LogP contribution in [-0.2, 0) is 11.3 Å². The summed E-state index contributed by atoms with van der Waals surface area (Å²) < 4.78 is 0. The van der Waals surface area contributed by atoms with Crippen molar-refractivity contribution in [1.82, 2.24) is 4.90 Å². The molecule has 0 N–H and O–H groups in total. The van der Waals surface area contributed by atoms with Crippen molar-refractivity contribution in [2.45, 2.75) is 19.9 Å². The van der Waals surface area contributed by atoms with Gasteiger partial charge >= 0.3 is 0 Å². The summed E-state index contributed by atoms with van der Waals surface area (Å²) in [6.07, 6.45) is 5.14. The molecule has 0 bridgehead atoms. The molecule has 1 amide bonds. The Kier molecular flexibility index (Phi) is 3.23. The van der Waals surface area contributed by atoms with E-state index in [1.807, 2.05) is 35.2 Å². The lowest BCUT2D eigenvalue weighted by Crippen LogP contribution is -2.29. The minimum Gasteiger partial charge on any atom is -0.302 e. The second-order valence-electron chi connectivity index (χ2n) is 5.40. The number of rotatable bonds is 2. The predicted octanol–water partition coefficient (Wildman–Crippen LogP) is 3.18. The van der Waals surface area contributed by atoms with Crippen LogP contribution in [0.25, 0.3) is 0 Å². The first-order valence-corrected chi connectivity index (χ1v) is 7.15. The first kappa shape index (κ1) is 12.5. The van der Waals surface area contributed by atoms with Gasteiger partial charge in [0.1, 0.15) is 0 Å². The fourth-order valence-corrected chi connectivity index (χ4v) is 3.67. The van der Waals surface area contributed by atoms with Gasteiger partial charge in [-0.15, -0.1) is 0 Å². The third-order valence-corrected chi connectivity index (χ3v) is 4.64. The summed E-state index contributed by atoms with van der Waals surface area (Å²) in [6, 6.07) is 10.1. The Labute approximate surface area is 119 Å². The Morgan fingerprint density at radius 1 is 1.32 bits per heavy atom. The molecular formula is C16H17NOS. The Hall–Kier alpha value is -1.48. The van der Waals surface area contributed by atoms with Crippen LogP contribution in [0.1, 0.15) is 18.9 Å². The summed E-state index contributed by atoms with van der Waals surface area (Å²) in [4.78, 5) is 15.1. The highest BCUT2D eigenvalue weighted by molar-refractivity contribution is 7.80. The highest BCUT2D eigenvalue weighted by Gasteiger charge is 2.46. The zero-order valence-corrected chi connectivity index (χ0v) is 11.8. The molecule has 1 fully saturated rings. The van der Waals surface area contributed by atoms with Crippen molar-refractivity contribution in [2.75, 3.05) is 0 Å². The first-order valence-electron chi connectivity index (χ1n) is 6.74. The molecule has 1 aromatic carbocycles. The van der Waals surface area contributed by atoms with Crippen LogP contribution in [0.3, 0.4) is 0 Å². The van der Waals surface area contributed by atoms with Crippen LogP contribution >= 0.6 is 12.2 Å². The molecule has 3 heteroatoms. The van der Waals surface area contributed by atoms with Gasteiger partial charge < -0.3 is 4.90 Å². The van der Waals surface area contributed by atoms with E-state index in [0.717, 1.165) is 17.0 Å². The van der Waals surface area contributed by atoms with Crippen LogP contribution in [0, 0.1) is 17.8 Å². The monoisotopic (exact) mass is 271 g/mol. The van der Waals surface area contributed by atoms with Crippen LogP contribution < -0.4 is 0 Å². The van der Waals surface area contributed by atoms with E-state index >= 15 is 0 Å². The number of likely N-dealkylation sites (tertiary alicyclic amines) is 1. The Morgan fingerprint density at radius 3 is 2.74 bits per heavy atom. The van der Waals surface area contributed by atoms with Crippen LogP contribution in [0.5, 0.6) is 0 Å². The topological polar surface area (TPSA) is 20.3 Å². The van der Waals surface area contributed by atoms with Crippen LogP contribution in [0.2, 0.25) is 0 Å². The molecule has 1 aromatic rings. The van der Waals surface area contributed by atoms with Crippen LogP contribution in [-0.4, -0.2) is 15.8 Å². The molecule has 0 unspecified atom stereocenters. The molecule has 1 heterocycles. The third kappa shape index (κ3) is 2.12. The Morgan fingerprint density at radius 2 is 2.05 bits per heavy atom. The molecule has 2 aliphatic rings. The predicted molar refractivity (Wildman–Crippen MR) is 79.5 cm³/mol. The largest absolute Gasteiger partial charge is 0.302 e. The highest BCUT2D eigenvalue weighted by atomic mass is 32.1. The molecule has 0 radical (unpaired) electrons. The number of fused-ring (bicyclic) bond motifs is 1. The second kappa shape index (κ2) is 4.89. The van der Waals surface area contributed by atoms with Gasteiger partial charge in [0.05, 0.1) is 17.5 Å². The van der Waals surface area contributed by atoms with Crippen molar-refractivity contribution in [3.63, 3.8) is 0 Å². The number of amides is 1. The number of allylic oxidation sites excluding steroid dienone is 2. The quantitative estimate of drug-likeness (QED) is 0.608. The van der Waals surface area contributed by atoms with Crippen molar-refractivity contribution in [2.24, 2.45) is 17.8 Å². The highest BCUT2D eigenvalue weighted by Crippen LogP contribution is 2.39. The standard InChI is InChI=1S/C16H17NOS/c1-11-6-5-9-13-14(11)16(19)17(15(13)18)10-12-7-3-2-4-8-12/h2-8,11,13-14H,9-10H2,1H3/t11-,13+,14-/m0/s1. The number of hydrogen-bond donors (Lipinski definition) is 0. The van der Waals surface area contributed by atoms with Gasteiger partial charge in [0.25, 0.3) is 0 Å². The summed E-state index contributed by atoms with van der Waals surface area (Å²) >= 11 is 5.56. The van der Waals surface area contributed by atoms with Gasteiger partial charge in [-0.3, -0.25) is 4.79 Å². The van der Waals surface area contributed by atoms with Crippen molar-refractivity contribution >= 4 is 23.1 Å². The van der Waals surface area contributed by atoms with Crippen molar-refractivity contribution in [3.8, 4) is 0 Å². The molecule has 19 heavy (non-hydrogen) atoms. The second-order valence-corrected chi connectivity index (χ2v) is 5.82. The van der Waals surface area contributed by atoms with Gasteiger partial charge in [-0.1, -0.05) is 61.6 Å². The summed E-state index contributed by atoms with van der Waals surface area (Å²) in [6.45, 7) is 2.76. The van der Waals surface area contributed by atoms with E-state index < -0.39 is 0 Å². The number of hydrogen-bond acceptors (Lipinski definition) is 2. The van der Waals surface area contributed by atoms with Gasteiger partial charge in [0, 0.05) is 5.92 Å². The smallest absolute Gasteiger partial charge is 0.231 e. The van der Waals surface area contributed by atoms with Crippen molar-refractivity contribution < 1.29 is 4.79 Å². The molecule has 2 nitrogen and oxygen atoms in total. The van der Waals surface area contributed by atoms with E-state index in [9.17, 15) is 4.79 Å². The molecule has 3 atom stereocenters. The van der Waals surface area contributed by atoms with E-state index in [0.29, 0.717) is 12.5 Å². The maximum Gasteiger partial charge on any atom is 0.231 e. The fraction of sp³-hybridized carbons (Fsp3) is 0.375. The lowest BCUT2D eigenvalue weighted by atomic mass is 9.79. The normalized spacial score (nSPS) is 29.7. The maximum absolute atomic E-state index is 12.5. The number of thiocarbonyl (C=S) groups is 1. The number of nitrogens with zero attached hydrogens (tertiary/aromatic N) is 1. The zero-order chi connectivity index (χ0) is 13.4. The van der Waals surface area contributed by atoms with E-state index in [-0.39, 0.29) is 17.7 Å². The van der Waals surface area contributed by atoms with E-state index in [4.69, 9.17) is 12.2 Å². The molecule has 0 aromatic heterocycles. The molecule has 0 spiro atoms. The molecule has 1 saturated heterocycles. The minimum absolute atomic E-state index is 0.0659. The van der Waals surface area contributed by atoms with Crippen molar-refractivity contribution in [1.29, 1.82) is 0 Å². The third-order valence-electron chi connectivity index (χ3n) is 4.15. The average Bonchev–Trinajstić information content (AvgIpc) is 2.66. The van der Waals surface area contributed by atoms with E-state index in [1.165, 1.54) is 0 Å². The molecule has 98 valence electrons. The van der Waals surface area contributed by atoms with E-state index in [2.05, 4.69) is 19.1 Å². The maximum atomic E-state index is 12.5. The number of benzene rings is 1. The zero-order valence-electron chi connectivity index (χ0n) is 11.0. The molecular weight excluding hydrogens is 254 g/mol. The molecule has 0 saturated carbocycles. The van der Waals surface area contributed by atoms with Crippen molar-refractivity contribution in [3.05, 3.63) is 48.0 Å². The average molecular weight is 271 g/mol. The van der Waals surface area contributed by atoms with Gasteiger partial charge in [-0.05, 0) is 17.9 Å².